The molecule has 0 atom stereocenters. The van der Waals surface area contributed by atoms with E-state index in [-0.39, 0.29) is 23.4 Å². The van der Waals surface area contributed by atoms with Crippen LogP contribution in [0.15, 0.2) is 65.2 Å². The summed E-state index contributed by atoms with van der Waals surface area (Å²) in [7, 11) is 0. The fraction of sp³-hybridized carbons (Fsp3) is 0.321. The van der Waals surface area contributed by atoms with Gasteiger partial charge < -0.3 is 9.84 Å². The lowest BCUT2D eigenvalue weighted by Crippen LogP contribution is -2.18. The van der Waals surface area contributed by atoms with Crippen molar-refractivity contribution >= 4 is 33.8 Å². The number of nitrogens with one attached hydrogen (secondary N) is 1. The van der Waals surface area contributed by atoms with Gasteiger partial charge in [0.2, 0.25) is 5.13 Å². The zero-order valence-electron chi connectivity index (χ0n) is 22.6. The Morgan fingerprint density at radius 3 is 2.68 bits per heavy atom. The summed E-state index contributed by atoms with van der Waals surface area (Å²) in [5.41, 5.74) is 5.63. The Morgan fingerprint density at radius 1 is 1.15 bits per heavy atom. The number of unbranched alkanes of at least 4 members (excludes halogenated alkanes) is 4. The first-order valence-electron chi connectivity index (χ1n) is 13.3. The van der Waals surface area contributed by atoms with Crippen LogP contribution in [0.5, 0.6) is 0 Å². The van der Waals surface area contributed by atoms with Crippen LogP contribution in [0.25, 0.3) is 16.9 Å². The number of rotatable bonds is 16. The fourth-order valence-electron chi connectivity index (χ4n) is 4.01. The molecule has 4 rings (SSSR count). The van der Waals surface area contributed by atoms with Crippen molar-refractivity contribution < 1.29 is 19.6 Å². The van der Waals surface area contributed by atoms with Crippen molar-refractivity contribution in [2.24, 2.45) is 5.10 Å². The molecule has 0 radical (unpaired) electrons. The molecule has 2 heterocycles. The standard InChI is InChI=1S/C28H31N7O5S/c1-2-3-4-5-8-15-40-18-22-17-34(33-30-22)23-13-11-20(12-14-23)25-19-41-28(29-25)32-31-24(27(36)37)16-21-9-6-7-10-26(21)35(38)39/h6-7,9-14,17,19H,2-5,8,15-16,18H2,1H3,(H,29,32)(H,36,37)/b31-24+. The van der Waals surface area contributed by atoms with Gasteiger partial charge in [0.25, 0.3) is 5.69 Å². The van der Waals surface area contributed by atoms with Crippen LogP contribution in [-0.4, -0.2) is 48.3 Å². The van der Waals surface area contributed by atoms with Crippen molar-refractivity contribution in [2.75, 3.05) is 12.0 Å². The van der Waals surface area contributed by atoms with Crippen molar-refractivity contribution in [3.05, 3.63) is 81.5 Å². The summed E-state index contributed by atoms with van der Waals surface area (Å²) in [5, 5.41) is 35.4. The van der Waals surface area contributed by atoms with Crippen LogP contribution in [0.3, 0.4) is 0 Å². The van der Waals surface area contributed by atoms with Gasteiger partial charge in [0.05, 0.1) is 29.1 Å². The normalized spacial score (nSPS) is 11.5. The summed E-state index contributed by atoms with van der Waals surface area (Å²) in [6.45, 7) is 3.34. The maximum absolute atomic E-state index is 11.7. The SMILES string of the molecule is CCCCCCCOCc1cn(-c2ccc(-c3csc(N/N=C(\Cc4ccccc4[N+](=O)[O-])C(=O)O)n3)cc2)nn1. The smallest absolute Gasteiger partial charge is 0.352 e. The molecule has 0 aliphatic carbocycles. The number of nitro benzene ring substituents is 1. The molecule has 0 saturated heterocycles. The van der Waals surface area contributed by atoms with E-state index in [1.165, 1.54) is 55.2 Å². The van der Waals surface area contributed by atoms with Crippen LogP contribution < -0.4 is 5.43 Å². The third-order valence-corrected chi connectivity index (χ3v) is 6.94. The van der Waals surface area contributed by atoms with E-state index in [4.69, 9.17) is 4.74 Å². The van der Waals surface area contributed by atoms with E-state index in [9.17, 15) is 20.0 Å². The second-order valence-electron chi connectivity index (χ2n) is 9.24. The second-order valence-corrected chi connectivity index (χ2v) is 10.1. The number of ether oxygens (including phenoxy) is 1. The summed E-state index contributed by atoms with van der Waals surface area (Å²) >= 11 is 1.26. The van der Waals surface area contributed by atoms with Gasteiger partial charge in [-0.2, -0.15) is 5.10 Å². The maximum atomic E-state index is 11.7. The van der Waals surface area contributed by atoms with Gasteiger partial charge in [0, 0.05) is 35.6 Å². The van der Waals surface area contributed by atoms with Gasteiger partial charge in [-0.25, -0.2) is 14.5 Å². The van der Waals surface area contributed by atoms with E-state index in [0.29, 0.717) is 24.0 Å². The van der Waals surface area contributed by atoms with E-state index in [2.05, 4.69) is 32.7 Å². The van der Waals surface area contributed by atoms with Gasteiger partial charge in [0.1, 0.15) is 11.4 Å². The van der Waals surface area contributed by atoms with Gasteiger partial charge in [-0.3, -0.25) is 15.5 Å². The van der Waals surface area contributed by atoms with Gasteiger partial charge >= 0.3 is 5.97 Å². The van der Waals surface area contributed by atoms with Gasteiger partial charge in [-0.05, 0) is 18.6 Å². The minimum Gasteiger partial charge on any atom is -0.477 e. The molecule has 2 aromatic carbocycles. The summed E-state index contributed by atoms with van der Waals surface area (Å²) in [6, 6.07) is 13.6. The number of nitrogens with zero attached hydrogens (tertiary/aromatic N) is 6. The van der Waals surface area contributed by atoms with Crippen molar-refractivity contribution in [1.29, 1.82) is 0 Å². The topological polar surface area (TPSA) is 158 Å². The third kappa shape index (κ3) is 8.50. The van der Waals surface area contributed by atoms with Gasteiger partial charge in [0.15, 0.2) is 0 Å². The van der Waals surface area contributed by atoms with Gasteiger partial charge in [-0.1, -0.05) is 68.2 Å². The molecule has 0 saturated carbocycles. The molecular weight excluding hydrogens is 546 g/mol. The lowest BCUT2D eigenvalue weighted by molar-refractivity contribution is -0.385. The number of hydrogen-bond acceptors (Lipinski definition) is 10. The first kappa shape index (κ1) is 29.5. The Balaban J connectivity index is 1.34. The molecule has 0 spiro atoms. The molecule has 0 unspecified atom stereocenters. The number of aliphatic carboxylic acids is 1. The van der Waals surface area contributed by atoms with Crippen LogP contribution in [0, 0.1) is 10.1 Å². The molecule has 214 valence electrons. The number of anilines is 1. The molecule has 0 fully saturated rings. The van der Waals surface area contributed by atoms with Crippen LogP contribution in [0.1, 0.15) is 50.3 Å². The molecule has 0 aliphatic heterocycles. The third-order valence-electron chi connectivity index (χ3n) is 6.19. The Morgan fingerprint density at radius 2 is 1.93 bits per heavy atom. The molecule has 41 heavy (non-hydrogen) atoms. The molecule has 0 bridgehead atoms. The number of para-hydroxylation sites is 1. The monoisotopic (exact) mass is 577 g/mol. The van der Waals surface area contributed by atoms with Gasteiger partial charge in [-0.15, -0.1) is 16.4 Å². The van der Waals surface area contributed by atoms with Crippen molar-refractivity contribution in [1.82, 2.24) is 20.0 Å². The number of hydrazone groups is 1. The fourth-order valence-corrected chi connectivity index (χ4v) is 4.68. The number of thiazole rings is 1. The molecule has 2 N–H and O–H groups in total. The van der Waals surface area contributed by atoms with Crippen molar-refractivity contribution in [3.63, 3.8) is 0 Å². The van der Waals surface area contributed by atoms with E-state index >= 15 is 0 Å². The largest absolute Gasteiger partial charge is 0.477 e. The Kier molecular flexibility index (Phi) is 10.6. The number of hydrogen-bond donors (Lipinski definition) is 2. The number of carboxylic acid groups (broad SMARTS) is 1. The highest BCUT2D eigenvalue weighted by Crippen LogP contribution is 2.26. The number of carbonyl (C=O) groups is 1. The lowest BCUT2D eigenvalue weighted by Gasteiger charge is -2.04. The predicted molar refractivity (Wildman–Crippen MR) is 156 cm³/mol. The maximum Gasteiger partial charge on any atom is 0.352 e. The molecule has 4 aromatic rings. The first-order valence-corrected chi connectivity index (χ1v) is 14.2. The quantitative estimate of drug-likeness (QED) is 0.0718. The van der Waals surface area contributed by atoms with E-state index < -0.39 is 10.9 Å². The molecule has 13 heteroatoms. The first-order chi connectivity index (χ1) is 19.9. The Labute approximate surface area is 240 Å². The lowest BCUT2D eigenvalue weighted by atomic mass is 10.1. The van der Waals surface area contributed by atoms with E-state index in [1.807, 2.05) is 35.8 Å². The van der Waals surface area contributed by atoms with E-state index in [0.717, 1.165) is 23.4 Å². The Hall–Kier alpha value is -4.49. The Bertz CT molecular complexity index is 1480. The molecular formula is C28H31N7O5S. The summed E-state index contributed by atoms with van der Waals surface area (Å²) in [4.78, 5) is 26.9. The molecule has 12 nitrogen and oxygen atoms in total. The van der Waals surface area contributed by atoms with Crippen molar-refractivity contribution in [2.45, 2.75) is 52.1 Å². The summed E-state index contributed by atoms with van der Waals surface area (Å²) < 4.78 is 7.41. The average molecular weight is 578 g/mol. The highest BCUT2D eigenvalue weighted by atomic mass is 32.1. The highest BCUT2D eigenvalue weighted by molar-refractivity contribution is 7.14. The zero-order chi connectivity index (χ0) is 29.0. The minimum absolute atomic E-state index is 0.162. The van der Waals surface area contributed by atoms with Crippen molar-refractivity contribution in [3.8, 4) is 16.9 Å². The summed E-state index contributed by atoms with van der Waals surface area (Å²) in [6.07, 6.45) is 7.60. The minimum atomic E-state index is -1.28. The molecule has 2 aromatic heterocycles. The number of aromatic nitrogens is 4. The number of nitro groups is 1. The van der Waals surface area contributed by atoms with Crippen LogP contribution in [-0.2, 0) is 22.6 Å². The van der Waals surface area contributed by atoms with Crippen LogP contribution >= 0.6 is 11.3 Å². The predicted octanol–water partition coefficient (Wildman–Crippen LogP) is 5.88. The van der Waals surface area contributed by atoms with E-state index in [1.54, 1.807) is 10.7 Å². The zero-order valence-corrected chi connectivity index (χ0v) is 23.4. The van der Waals surface area contributed by atoms with Crippen LogP contribution in [0.4, 0.5) is 10.8 Å². The van der Waals surface area contributed by atoms with Crippen LogP contribution in [0.2, 0.25) is 0 Å². The summed E-state index contributed by atoms with van der Waals surface area (Å²) in [5.74, 6) is -1.28. The molecule has 0 aliphatic rings. The molecule has 0 amide bonds. The number of benzene rings is 2. The highest BCUT2D eigenvalue weighted by Gasteiger charge is 2.19. The average Bonchev–Trinajstić information content (AvgIpc) is 3.65. The second kappa shape index (κ2) is 14.8. The number of carboxylic acids is 1.